The Kier molecular flexibility index (Phi) is 6.07. The molecule has 0 fully saturated rings. The molecule has 0 aliphatic heterocycles. The third-order valence-corrected chi connectivity index (χ3v) is 16.3. The summed E-state index contributed by atoms with van der Waals surface area (Å²) in [5.41, 5.74) is -0.402. The first kappa shape index (κ1) is 20.8. The minimum absolute atomic E-state index is 0.168. The third-order valence-electron chi connectivity index (χ3n) is 5.20. The zero-order valence-corrected chi connectivity index (χ0v) is 18.9. The van der Waals surface area contributed by atoms with Gasteiger partial charge in [0, 0.05) is 0 Å². The van der Waals surface area contributed by atoms with Gasteiger partial charge in [0.15, 0.2) is 0 Å². The van der Waals surface area contributed by atoms with Crippen molar-refractivity contribution in [2.75, 3.05) is 0 Å². The van der Waals surface area contributed by atoms with Crippen molar-refractivity contribution in [1.82, 2.24) is 0 Å². The summed E-state index contributed by atoms with van der Waals surface area (Å²) in [6.45, 7) is 5.77. The maximum atomic E-state index is 13.3. The standard InChI is InChI=1S/C24H26BrO2P/c1-19(2)27-24(26)20(3)28(25,21-13-7-4-8-14-21,22-15-9-5-10-16-22)23-17-11-6-12-18-23/h4-20H,1-3H3. The summed E-state index contributed by atoms with van der Waals surface area (Å²) in [4.78, 5) is 13.3. The molecule has 0 N–H and O–H groups in total. The fourth-order valence-corrected chi connectivity index (χ4v) is 11.4. The molecule has 28 heavy (non-hydrogen) atoms. The molecule has 0 aliphatic carbocycles. The first-order valence-corrected chi connectivity index (χ1v) is 13.8. The average Bonchev–Trinajstić information content (AvgIpc) is 2.74. The molecular weight excluding hydrogens is 431 g/mol. The quantitative estimate of drug-likeness (QED) is 0.377. The van der Waals surface area contributed by atoms with Crippen molar-refractivity contribution in [2.24, 2.45) is 0 Å². The van der Waals surface area contributed by atoms with Crippen LogP contribution < -0.4 is 15.9 Å². The van der Waals surface area contributed by atoms with E-state index < -0.39 is 11.0 Å². The predicted octanol–water partition coefficient (Wildman–Crippen LogP) is 5.17. The SMILES string of the molecule is CC(C)OC(=O)C(C)P(Br)(c1ccccc1)(c1ccccc1)c1ccccc1. The summed E-state index contributed by atoms with van der Waals surface area (Å²) >= 11 is 4.30. The van der Waals surface area contributed by atoms with E-state index in [1.807, 2.05) is 75.4 Å². The third kappa shape index (κ3) is 3.32. The summed E-state index contributed by atoms with van der Waals surface area (Å²) in [5.74, 6) is -0.193. The molecule has 0 bridgehead atoms. The van der Waals surface area contributed by atoms with E-state index in [2.05, 4.69) is 51.9 Å². The second-order valence-corrected chi connectivity index (χ2v) is 16.1. The van der Waals surface area contributed by atoms with Gasteiger partial charge in [0.25, 0.3) is 0 Å². The summed E-state index contributed by atoms with van der Waals surface area (Å²) in [6, 6.07) is 30.9. The molecule has 1 unspecified atom stereocenters. The molecule has 0 radical (unpaired) electrons. The van der Waals surface area contributed by atoms with E-state index in [4.69, 9.17) is 4.74 Å². The van der Waals surface area contributed by atoms with E-state index >= 15 is 0 Å². The molecule has 2 nitrogen and oxygen atoms in total. The predicted molar refractivity (Wildman–Crippen MR) is 125 cm³/mol. The van der Waals surface area contributed by atoms with Crippen molar-refractivity contribution >= 4 is 42.7 Å². The van der Waals surface area contributed by atoms with Gasteiger partial charge in [0.05, 0.1) is 0 Å². The van der Waals surface area contributed by atoms with Gasteiger partial charge in [0.1, 0.15) is 0 Å². The Morgan fingerprint density at radius 2 is 1.04 bits per heavy atom. The number of hydrogen-bond donors (Lipinski definition) is 0. The van der Waals surface area contributed by atoms with Gasteiger partial charge < -0.3 is 0 Å². The second-order valence-electron chi connectivity index (χ2n) is 7.24. The molecule has 0 heterocycles. The molecule has 0 aromatic heterocycles. The van der Waals surface area contributed by atoms with Crippen molar-refractivity contribution in [3.63, 3.8) is 0 Å². The number of halogens is 1. The van der Waals surface area contributed by atoms with Crippen molar-refractivity contribution in [2.45, 2.75) is 32.5 Å². The molecule has 0 amide bonds. The molecule has 146 valence electrons. The molecule has 0 aliphatic rings. The molecule has 0 saturated heterocycles. The summed E-state index contributed by atoms with van der Waals surface area (Å²) in [7, 11) is 0. The normalized spacial score (nSPS) is 14.1. The fourth-order valence-electron chi connectivity index (χ4n) is 3.81. The van der Waals surface area contributed by atoms with Gasteiger partial charge >= 0.3 is 176 Å². The molecule has 1 atom stereocenters. The van der Waals surface area contributed by atoms with E-state index in [1.165, 1.54) is 0 Å². The van der Waals surface area contributed by atoms with E-state index in [0.717, 1.165) is 15.9 Å². The Balaban J connectivity index is 2.42. The van der Waals surface area contributed by atoms with Crippen molar-refractivity contribution in [3.8, 4) is 0 Å². The Morgan fingerprint density at radius 1 is 0.714 bits per heavy atom. The van der Waals surface area contributed by atoms with Gasteiger partial charge in [-0.2, -0.15) is 0 Å². The zero-order valence-electron chi connectivity index (χ0n) is 16.5. The van der Waals surface area contributed by atoms with E-state index in [-0.39, 0.29) is 12.1 Å². The van der Waals surface area contributed by atoms with Crippen molar-refractivity contribution < 1.29 is 9.53 Å². The number of benzene rings is 3. The number of rotatable bonds is 6. The maximum absolute atomic E-state index is 13.3. The number of carbonyl (C=O) groups is 1. The van der Waals surface area contributed by atoms with Crippen LogP contribution in [0.5, 0.6) is 0 Å². The molecule has 4 heteroatoms. The average molecular weight is 457 g/mol. The Hall–Kier alpha value is -1.96. The van der Waals surface area contributed by atoms with Gasteiger partial charge in [-0.25, -0.2) is 0 Å². The van der Waals surface area contributed by atoms with Crippen molar-refractivity contribution in [3.05, 3.63) is 91.0 Å². The van der Waals surface area contributed by atoms with E-state index in [9.17, 15) is 4.79 Å². The van der Waals surface area contributed by atoms with Crippen LogP contribution in [-0.4, -0.2) is 17.7 Å². The van der Waals surface area contributed by atoms with Gasteiger partial charge in [-0.05, 0) is 0 Å². The van der Waals surface area contributed by atoms with Crippen LogP contribution in [0.25, 0.3) is 0 Å². The van der Waals surface area contributed by atoms with Crippen LogP contribution in [0.2, 0.25) is 0 Å². The topological polar surface area (TPSA) is 26.3 Å². The van der Waals surface area contributed by atoms with Crippen molar-refractivity contribution in [1.29, 1.82) is 0 Å². The summed E-state index contributed by atoms with van der Waals surface area (Å²) in [5, 5.41) is -0.00744. The number of hydrogen-bond acceptors (Lipinski definition) is 2. The van der Waals surface area contributed by atoms with Gasteiger partial charge in [-0.1, -0.05) is 0 Å². The molecule has 3 rings (SSSR count). The van der Waals surface area contributed by atoms with E-state index in [0.29, 0.717) is 0 Å². The molecule has 3 aromatic rings. The Bertz CT molecular complexity index is 827. The monoisotopic (exact) mass is 456 g/mol. The zero-order chi connectivity index (χ0) is 20.2. The van der Waals surface area contributed by atoms with Gasteiger partial charge in [-0.15, -0.1) is 0 Å². The Labute approximate surface area is 175 Å². The minimum atomic E-state index is -3.34. The summed E-state index contributed by atoms with van der Waals surface area (Å²) < 4.78 is 5.71. The number of esters is 1. The van der Waals surface area contributed by atoms with E-state index in [1.54, 1.807) is 0 Å². The van der Waals surface area contributed by atoms with Gasteiger partial charge in [0.2, 0.25) is 0 Å². The van der Waals surface area contributed by atoms with Gasteiger partial charge in [-0.3, -0.25) is 0 Å². The fraction of sp³-hybridized carbons (Fsp3) is 0.208. The van der Waals surface area contributed by atoms with Crippen LogP contribution in [0, 0.1) is 0 Å². The summed E-state index contributed by atoms with van der Waals surface area (Å²) in [6.07, 6.45) is -0.168. The van der Waals surface area contributed by atoms with Crippen LogP contribution in [0.4, 0.5) is 0 Å². The number of carbonyl (C=O) groups excluding carboxylic acids is 1. The Morgan fingerprint density at radius 3 is 1.32 bits per heavy atom. The van der Waals surface area contributed by atoms with Crippen LogP contribution in [-0.2, 0) is 9.53 Å². The molecule has 0 saturated carbocycles. The van der Waals surface area contributed by atoms with Crippen LogP contribution in [0.15, 0.2) is 91.0 Å². The molecular formula is C24H26BrO2P. The molecule has 3 aromatic carbocycles. The number of ether oxygens (including phenoxy) is 1. The van der Waals surface area contributed by atoms with Crippen LogP contribution >= 0.6 is 20.8 Å². The van der Waals surface area contributed by atoms with Crippen LogP contribution in [0.1, 0.15) is 20.8 Å². The van der Waals surface area contributed by atoms with Crippen LogP contribution in [0.3, 0.4) is 0 Å². The molecule has 0 spiro atoms. The second kappa shape index (κ2) is 8.19. The first-order chi connectivity index (χ1) is 13.4. The first-order valence-electron chi connectivity index (χ1n) is 9.49.